The molecule has 0 aliphatic heterocycles. The first-order valence-corrected chi connectivity index (χ1v) is 4.37. The molecule has 1 aromatic rings. The number of aromatic nitrogens is 1. The molecule has 0 saturated heterocycles. The summed E-state index contributed by atoms with van der Waals surface area (Å²) in [5.41, 5.74) is 2.69. The fourth-order valence-corrected chi connectivity index (χ4v) is 1.33. The molecule has 2 radical (unpaired) electrons. The maximum absolute atomic E-state index is 4.13. The van der Waals surface area contributed by atoms with Gasteiger partial charge in [-0.3, -0.25) is 0 Å². The normalized spacial score (nSPS) is 8.93. The zero-order valence-electron chi connectivity index (χ0n) is 9.41. The van der Waals surface area contributed by atoms with Crippen molar-refractivity contribution >= 4 is 0 Å². The maximum Gasteiger partial charge on any atom is 0 e. The molecular weight excluding hydrogens is 324 g/mol. The van der Waals surface area contributed by atoms with E-state index >= 15 is 0 Å². The van der Waals surface area contributed by atoms with Crippen LogP contribution in [0.1, 0.15) is 44.7 Å². The predicted molar refractivity (Wildman–Crippen MR) is 52.0 cm³/mol. The molecule has 3 heteroatoms. The van der Waals surface area contributed by atoms with Crippen LogP contribution in [0.5, 0.6) is 0 Å². The van der Waals surface area contributed by atoms with E-state index in [1.54, 1.807) is 0 Å². The molecule has 0 bridgehead atoms. The standard InChI is InChI=1S/C11H16N.2Y/c1-8(2)10-5-6-12-7-11(10)9(3)4;;/h5-8H,1-4H3;;/q-1;;. The first kappa shape index (κ1) is 17.6. The molecule has 0 unspecified atom stereocenters. The Morgan fingerprint density at radius 1 is 1.21 bits per heavy atom. The van der Waals surface area contributed by atoms with Crippen molar-refractivity contribution in [1.29, 1.82) is 0 Å². The van der Waals surface area contributed by atoms with E-state index in [0.717, 1.165) is 0 Å². The van der Waals surface area contributed by atoms with Crippen molar-refractivity contribution in [2.45, 2.75) is 33.6 Å². The first-order chi connectivity index (χ1) is 5.63. The van der Waals surface area contributed by atoms with Crippen molar-refractivity contribution in [1.82, 2.24) is 4.98 Å². The number of hydrogen-bond donors (Lipinski definition) is 0. The third kappa shape index (κ3) is 4.83. The second kappa shape index (κ2) is 8.39. The minimum atomic E-state index is 0. The van der Waals surface area contributed by atoms with Gasteiger partial charge in [0, 0.05) is 65.4 Å². The molecule has 1 nitrogen and oxygen atoms in total. The molecule has 14 heavy (non-hydrogen) atoms. The number of pyridine rings is 1. The molecule has 0 aliphatic rings. The van der Waals surface area contributed by atoms with Crippen LogP contribution in [0.15, 0.2) is 18.5 Å². The van der Waals surface area contributed by atoms with E-state index in [9.17, 15) is 0 Å². The summed E-state index contributed by atoms with van der Waals surface area (Å²) >= 11 is 0. The fraction of sp³-hybridized carbons (Fsp3) is 0.455. The summed E-state index contributed by atoms with van der Waals surface area (Å²) in [6, 6.07) is 2.10. The van der Waals surface area contributed by atoms with E-state index in [1.165, 1.54) is 17.0 Å². The second-order valence-electron chi connectivity index (χ2n) is 3.62. The molecule has 0 saturated carbocycles. The van der Waals surface area contributed by atoms with Crippen molar-refractivity contribution in [3.8, 4) is 0 Å². The van der Waals surface area contributed by atoms with Crippen LogP contribution >= 0.6 is 0 Å². The summed E-state index contributed by atoms with van der Waals surface area (Å²) in [6.07, 6.45) is 3.81. The van der Waals surface area contributed by atoms with Gasteiger partial charge in [-0.1, -0.05) is 45.9 Å². The second-order valence-corrected chi connectivity index (χ2v) is 3.62. The van der Waals surface area contributed by atoms with Crippen LogP contribution in [0.4, 0.5) is 0 Å². The van der Waals surface area contributed by atoms with Crippen LogP contribution in [-0.2, 0) is 65.4 Å². The summed E-state index contributed by atoms with van der Waals surface area (Å²) in [7, 11) is 0. The minimum absolute atomic E-state index is 0. The third-order valence-electron chi connectivity index (χ3n) is 2.02. The van der Waals surface area contributed by atoms with Gasteiger partial charge in [-0.25, -0.2) is 0 Å². The summed E-state index contributed by atoms with van der Waals surface area (Å²) < 4.78 is 0. The van der Waals surface area contributed by atoms with E-state index in [1.807, 2.05) is 12.4 Å². The molecule has 0 amide bonds. The van der Waals surface area contributed by atoms with Crippen molar-refractivity contribution in [3.63, 3.8) is 0 Å². The Balaban J connectivity index is 0. The molecule has 0 fully saturated rings. The van der Waals surface area contributed by atoms with Crippen LogP contribution in [0.25, 0.3) is 0 Å². The maximum atomic E-state index is 4.13. The van der Waals surface area contributed by atoms with Crippen LogP contribution in [-0.4, -0.2) is 4.98 Å². The van der Waals surface area contributed by atoms with Gasteiger partial charge in [0.1, 0.15) is 0 Å². The van der Waals surface area contributed by atoms with Gasteiger partial charge < -0.3 is 4.98 Å². The average Bonchev–Trinajstić information content (AvgIpc) is 2.04. The minimum Gasteiger partial charge on any atom is -0.329 e. The predicted octanol–water partition coefficient (Wildman–Crippen LogP) is 3.16. The smallest absolute Gasteiger partial charge is 0 e. The summed E-state index contributed by atoms with van der Waals surface area (Å²) in [5.74, 6) is 1.92. The molecule has 0 aliphatic carbocycles. The van der Waals surface area contributed by atoms with E-state index in [-0.39, 0.29) is 65.4 Å². The molecule has 1 heterocycles. The van der Waals surface area contributed by atoms with Gasteiger partial charge in [0.15, 0.2) is 0 Å². The average molecular weight is 340 g/mol. The molecular formula is C11H16NY2-. The Bertz CT molecular complexity index is 232. The molecule has 1 aromatic heterocycles. The SMILES string of the molecule is C[C-](C)c1cnccc1C(C)C.[Y].[Y]. The fourth-order valence-electron chi connectivity index (χ4n) is 1.33. The number of hydrogen-bond acceptors (Lipinski definition) is 1. The molecule has 0 aromatic carbocycles. The van der Waals surface area contributed by atoms with Crippen molar-refractivity contribution < 1.29 is 65.4 Å². The van der Waals surface area contributed by atoms with Gasteiger partial charge in [0.05, 0.1) is 0 Å². The van der Waals surface area contributed by atoms with Gasteiger partial charge in [0.2, 0.25) is 0 Å². The monoisotopic (exact) mass is 340 g/mol. The summed E-state index contributed by atoms with van der Waals surface area (Å²) in [6.45, 7) is 8.68. The summed E-state index contributed by atoms with van der Waals surface area (Å²) in [5, 5.41) is 0. The number of nitrogens with zero attached hydrogens (tertiary/aromatic N) is 1. The Hall–Kier alpha value is 1.23. The van der Waals surface area contributed by atoms with E-state index in [0.29, 0.717) is 5.92 Å². The van der Waals surface area contributed by atoms with Crippen molar-refractivity contribution in [2.24, 2.45) is 0 Å². The Kier molecular flexibility index (Phi) is 10.6. The van der Waals surface area contributed by atoms with Crippen LogP contribution in [0, 0.1) is 5.92 Å². The molecule has 0 spiro atoms. The topological polar surface area (TPSA) is 12.9 Å². The largest absolute Gasteiger partial charge is 0.329 e. The summed E-state index contributed by atoms with van der Waals surface area (Å²) in [4.78, 5) is 4.13. The van der Waals surface area contributed by atoms with Gasteiger partial charge in [-0.05, 0) is 6.20 Å². The Morgan fingerprint density at radius 3 is 2.14 bits per heavy atom. The van der Waals surface area contributed by atoms with Gasteiger partial charge in [-0.2, -0.15) is 11.5 Å². The molecule has 0 atom stereocenters. The van der Waals surface area contributed by atoms with E-state index < -0.39 is 0 Å². The van der Waals surface area contributed by atoms with E-state index in [4.69, 9.17) is 0 Å². The zero-order chi connectivity index (χ0) is 9.14. The quantitative estimate of drug-likeness (QED) is 0.754. The molecule has 0 N–H and O–H groups in total. The zero-order valence-corrected chi connectivity index (χ0v) is 15.1. The van der Waals surface area contributed by atoms with Gasteiger partial charge in [0.25, 0.3) is 0 Å². The van der Waals surface area contributed by atoms with E-state index in [2.05, 4.69) is 38.7 Å². The van der Waals surface area contributed by atoms with Crippen molar-refractivity contribution in [3.05, 3.63) is 35.5 Å². The number of rotatable bonds is 2. The van der Waals surface area contributed by atoms with Crippen LogP contribution in [0.2, 0.25) is 0 Å². The van der Waals surface area contributed by atoms with Crippen LogP contribution in [0.3, 0.4) is 0 Å². The molecule has 1 rings (SSSR count). The van der Waals surface area contributed by atoms with Crippen LogP contribution < -0.4 is 0 Å². The molecule has 72 valence electrons. The first-order valence-electron chi connectivity index (χ1n) is 4.37. The van der Waals surface area contributed by atoms with Gasteiger partial charge in [-0.15, -0.1) is 5.56 Å². The van der Waals surface area contributed by atoms with Gasteiger partial charge >= 0.3 is 0 Å². The Morgan fingerprint density at radius 2 is 1.79 bits per heavy atom. The van der Waals surface area contributed by atoms with Crippen molar-refractivity contribution in [2.75, 3.05) is 0 Å². The Labute approximate surface area is 138 Å². The third-order valence-corrected chi connectivity index (χ3v) is 2.02.